The van der Waals surface area contributed by atoms with Crippen LogP contribution in [0.2, 0.25) is 0 Å². The van der Waals surface area contributed by atoms with Crippen molar-refractivity contribution in [2.24, 2.45) is 23.2 Å². The SMILES string of the molecule is C[C@H]1CCC[C@]2(C)C[C@H]3OC(=O)[C@@H](CN(C)CCc4ccccn4)[C@H]3C=C12. The Balaban J connectivity index is 1.44. The summed E-state index contributed by atoms with van der Waals surface area (Å²) in [5, 5.41) is 0. The van der Waals surface area contributed by atoms with E-state index < -0.39 is 0 Å². The van der Waals surface area contributed by atoms with Gasteiger partial charge in [-0.15, -0.1) is 0 Å². The van der Waals surface area contributed by atoms with Gasteiger partial charge >= 0.3 is 5.97 Å². The van der Waals surface area contributed by atoms with Crippen LogP contribution in [0.5, 0.6) is 0 Å². The number of hydrogen-bond donors (Lipinski definition) is 0. The number of esters is 1. The summed E-state index contributed by atoms with van der Waals surface area (Å²) in [7, 11) is 2.10. The summed E-state index contributed by atoms with van der Waals surface area (Å²) in [6.45, 7) is 6.41. The van der Waals surface area contributed by atoms with Gasteiger partial charge < -0.3 is 9.64 Å². The van der Waals surface area contributed by atoms with Gasteiger partial charge in [-0.2, -0.15) is 0 Å². The lowest BCUT2D eigenvalue weighted by atomic mass is 9.59. The Bertz CT molecular complexity index is 716. The highest BCUT2D eigenvalue weighted by molar-refractivity contribution is 5.76. The molecule has 0 aromatic carbocycles. The molecule has 1 saturated carbocycles. The standard InChI is InChI=1S/C23H32N2O2/c1-16-7-6-10-23(2)14-21-18(13-20(16)23)19(22(26)27-21)15-25(3)12-9-17-8-4-5-11-24-17/h4-5,8,11,13,16,18-19,21H,6-7,9-10,12,14-15H2,1-3H3/t16-,18+,19-,21+,23+/m0/s1. The topological polar surface area (TPSA) is 42.4 Å². The van der Waals surface area contributed by atoms with Gasteiger partial charge in [0.2, 0.25) is 0 Å². The van der Waals surface area contributed by atoms with Gasteiger partial charge in [-0.25, -0.2) is 0 Å². The Morgan fingerprint density at radius 3 is 3.00 bits per heavy atom. The Hall–Kier alpha value is -1.68. The number of carbonyl (C=O) groups excluding carboxylic acids is 1. The number of carbonyl (C=O) groups is 1. The lowest BCUT2D eigenvalue weighted by molar-refractivity contribution is -0.145. The monoisotopic (exact) mass is 368 g/mol. The van der Waals surface area contributed by atoms with Crippen LogP contribution in [-0.2, 0) is 16.0 Å². The molecule has 0 N–H and O–H groups in total. The number of fused-ring (bicyclic) bond motifs is 2. The summed E-state index contributed by atoms with van der Waals surface area (Å²) < 4.78 is 5.87. The van der Waals surface area contributed by atoms with Crippen LogP contribution in [0.25, 0.3) is 0 Å². The molecular formula is C23H32N2O2. The van der Waals surface area contributed by atoms with Gasteiger partial charge in [0, 0.05) is 37.3 Å². The molecule has 5 atom stereocenters. The van der Waals surface area contributed by atoms with Gasteiger partial charge in [0.15, 0.2) is 0 Å². The zero-order valence-corrected chi connectivity index (χ0v) is 16.9. The molecule has 0 unspecified atom stereocenters. The molecule has 2 heterocycles. The molecule has 0 bridgehead atoms. The molecule has 1 aromatic heterocycles. The third-order valence-corrected chi connectivity index (χ3v) is 7.07. The molecule has 0 spiro atoms. The number of hydrogen-bond acceptors (Lipinski definition) is 4. The van der Waals surface area contributed by atoms with Crippen molar-refractivity contribution in [2.75, 3.05) is 20.1 Å². The average Bonchev–Trinajstić information content (AvgIpc) is 2.93. The summed E-state index contributed by atoms with van der Waals surface area (Å²) in [6, 6.07) is 6.03. The third kappa shape index (κ3) is 3.69. The molecule has 2 fully saturated rings. The van der Waals surface area contributed by atoms with Crippen molar-refractivity contribution in [2.45, 2.75) is 52.1 Å². The van der Waals surface area contributed by atoms with Gasteiger partial charge in [0.05, 0.1) is 5.92 Å². The van der Waals surface area contributed by atoms with E-state index in [2.05, 4.69) is 42.9 Å². The Labute approximate surface area is 163 Å². The largest absolute Gasteiger partial charge is 0.461 e. The zero-order chi connectivity index (χ0) is 19.0. The molecule has 1 aliphatic heterocycles. The molecule has 2 aliphatic carbocycles. The molecule has 146 valence electrons. The Kier molecular flexibility index (Phi) is 5.11. The molecule has 1 saturated heterocycles. The van der Waals surface area contributed by atoms with Crippen LogP contribution in [0.1, 0.15) is 45.2 Å². The number of nitrogens with zero attached hydrogens (tertiary/aromatic N) is 2. The second-order valence-corrected chi connectivity index (χ2v) is 9.17. The minimum absolute atomic E-state index is 0.00133. The summed E-state index contributed by atoms with van der Waals surface area (Å²) in [5.41, 5.74) is 2.93. The van der Waals surface area contributed by atoms with E-state index in [1.807, 2.05) is 18.3 Å². The molecule has 3 aliphatic rings. The van der Waals surface area contributed by atoms with Crippen LogP contribution in [0.15, 0.2) is 36.0 Å². The van der Waals surface area contributed by atoms with Crippen LogP contribution in [0.3, 0.4) is 0 Å². The van der Waals surface area contributed by atoms with E-state index in [1.54, 1.807) is 5.57 Å². The van der Waals surface area contributed by atoms with E-state index in [0.717, 1.165) is 31.6 Å². The summed E-state index contributed by atoms with van der Waals surface area (Å²) >= 11 is 0. The smallest absolute Gasteiger partial charge is 0.311 e. The summed E-state index contributed by atoms with van der Waals surface area (Å²) in [4.78, 5) is 19.3. The van der Waals surface area contributed by atoms with E-state index in [4.69, 9.17) is 4.74 Å². The fraction of sp³-hybridized carbons (Fsp3) is 0.652. The molecule has 4 rings (SSSR count). The molecule has 4 nitrogen and oxygen atoms in total. The van der Waals surface area contributed by atoms with Crippen LogP contribution in [-0.4, -0.2) is 42.1 Å². The highest BCUT2D eigenvalue weighted by Crippen LogP contribution is 2.53. The fourth-order valence-corrected chi connectivity index (χ4v) is 5.54. The first-order chi connectivity index (χ1) is 13.0. The van der Waals surface area contributed by atoms with E-state index in [-0.39, 0.29) is 29.3 Å². The Morgan fingerprint density at radius 1 is 1.37 bits per heavy atom. The third-order valence-electron chi connectivity index (χ3n) is 7.07. The van der Waals surface area contributed by atoms with Crippen LogP contribution in [0, 0.1) is 23.2 Å². The van der Waals surface area contributed by atoms with Crippen molar-refractivity contribution in [1.29, 1.82) is 0 Å². The minimum Gasteiger partial charge on any atom is -0.461 e. The van der Waals surface area contributed by atoms with Crippen LogP contribution in [0.4, 0.5) is 0 Å². The van der Waals surface area contributed by atoms with Gasteiger partial charge in [-0.05, 0) is 49.8 Å². The highest BCUT2D eigenvalue weighted by Gasteiger charge is 2.51. The van der Waals surface area contributed by atoms with E-state index in [0.29, 0.717) is 5.92 Å². The van der Waals surface area contributed by atoms with Gasteiger partial charge in [0.1, 0.15) is 6.10 Å². The molecule has 4 heteroatoms. The number of aromatic nitrogens is 1. The molecule has 27 heavy (non-hydrogen) atoms. The average molecular weight is 369 g/mol. The maximum atomic E-state index is 12.7. The van der Waals surface area contributed by atoms with E-state index >= 15 is 0 Å². The zero-order valence-electron chi connectivity index (χ0n) is 16.9. The first-order valence-corrected chi connectivity index (χ1v) is 10.5. The maximum Gasteiger partial charge on any atom is 0.311 e. The van der Waals surface area contributed by atoms with E-state index in [9.17, 15) is 4.79 Å². The lowest BCUT2D eigenvalue weighted by Crippen LogP contribution is -2.40. The number of pyridine rings is 1. The first-order valence-electron chi connectivity index (χ1n) is 10.5. The predicted molar refractivity (Wildman–Crippen MR) is 106 cm³/mol. The Morgan fingerprint density at radius 2 is 2.22 bits per heavy atom. The second-order valence-electron chi connectivity index (χ2n) is 9.17. The van der Waals surface area contributed by atoms with E-state index in [1.165, 1.54) is 19.3 Å². The number of allylic oxidation sites excluding steroid dienone is 1. The summed E-state index contributed by atoms with van der Waals surface area (Å²) in [6.07, 6.45) is 10.1. The van der Waals surface area contributed by atoms with Crippen molar-refractivity contribution in [3.63, 3.8) is 0 Å². The first kappa shape index (κ1) is 18.7. The number of rotatable bonds is 5. The number of likely N-dealkylation sites (N-methyl/N-ethyl adjacent to an activating group) is 1. The fourth-order valence-electron chi connectivity index (χ4n) is 5.54. The molecule has 1 aromatic rings. The van der Waals surface area contributed by atoms with Crippen molar-refractivity contribution in [1.82, 2.24) is 9.88 Å². The van der Waals surface area contributed by atoms with Crippen molar-refractivity contribution in [3.8, 4) is 0 Å². The molecular weight excluding hydrogens is 336 g/mol. The maximum absolute atomic E-state index is 12.7. The predicted octanol–water partition coefficient (Wildman–Crippen LogP) is 3.87. The van der Waals surface area contributed by atoms with Crippen LogP contribution < -0.4 is 0 Å². The molecule has 0 radical (unpaired) electrons. The quantitative estimate of drug-likeness (QED) is 0.584. The highest BCUT2D eigenvalue weighted by atomic mass is 16.6. The lowest BCUT2D eigenvalue weighted by Gasteiger charge is -2.46. The van der Waals surface area contributed by atoms with Crippen molar-refractivity contribution < 1.29 is 9.53 Å². The normalized spacial score (nSPS) is 35.4. The van der Waals surface area contributed by atoms with Crippen LogP contribution >= 0.6 is 0 Å². The number of ether oxygens (including phenoxy) is 1. The van der Waals surface area contributed by atoms with Gasteiger partial charge in [-0.1, -0.05) is 38.0 Å². The summed E-state index contributed by atoms with van der Waals surface area (Å²) in [5.74, 6) is 0.859. The van der Waals surface area contributed by atoms with Gasteiger partial charge in [-0.3, -0.25) is 9.78 Å². The minimum atomic E-state index is -0.0325. The van der Waals surface area contributed by atoms with Gasteiger partial charge in [0.25, 0.3) is 0 Å². The molecule has 0 amide bonds. The second kappa shape index (κ2) is 7.38. The van der Waals surface area contributed by atoms with Crippen molar-refractivity contribution >= 4 is 5.97 Å². The van der Waals surface area contributed by atoms with Crippen molar-refractivity contribution in [3.05, 3.63) is 41.7 Å².